The summed E-state index contributed by atoms with van der Waals surface area (Å²) in [6.07, 6.45) is 6.13. The van der Waals surface area contributed by atoms with E-state index in [2.05, 4.69) is 19.2 Å². The number of fused-ring (bicyclic) bond motifs is 1. The molecule has 2 aromatic carbocycles. The zero-order valence-corrected chi connectivity index (χ0v) is 20.0. The van der Waals surface area contributed by atoms with E-state index in [0.29, 0.717) is 35.6 Å². The molecule has 1 aliphatic rings. The van der Waals surface area contributed by atoms with Crippen molar-refractivity contribution >= 4 is 26.3 Å². The van der Waals surface area contributed by atoms with Crippen molar-refractivity contribution in [3.63, 3.8) is 0 Å². The summed E-state index contributed by atoms with van der Waals surface area (Å²) >= 11 is 0. The molecule has 34 heavy (non-hydrogen) atoms. The molecular formula is C24H28F2N4O3S. The van der Waals surface area contributed by atoms with Crippen molar-refractivity contribution in [2.45, 2.75) is 25.4 Å². The van der Waals surface area contributed by atoms with Crippen molar-refractivity contribution in [3.8, 4) is 5.75 Å². The van der Waals surface area contributed by atoms with Gasteiger partial charge in [0.1, 0.15) is 29.8 Å². The Morgan fingerprint density at radius 1 is 1.24 bits per heavy atom. The number of hydrogen-bond donors (Lipinski definition) is 1. The molecule has 0 unspecified atom stereocenters. The van der Waals surface area contributed by atoms with Gasteiger partial charge in [0, 0.05) is 59.4 Å². The van der Waals surface area contributed by atoms with Crippen LogP contribution in [0.3, 0.4) is 0 Å². The lowest BCUT2D eigenvalue weighted by atomic mass is 10.0. The van der Waals surface area contributed by atoms with Gasteiger partial charge >= 0.3 is 0 Å². The smallest absolute Gasteiger partial charge is 0.136 e. The third-order valence-electron chi connectivity index (χ3n) is 5.64. The van der Waals surface area contributed by atoms with Crippen LogP contribution in [0.2, 0.25) is 0 Å². The van der Waals surface area contributed by atoms with Gasteiger partial charge in [0.05, 0.1) is 28.9 Å². The Balaban J connectivity index is 1.65. The number of benzene rings is 2. The fourth-order valence-corrected chi connectivity index (χ4v) is 4.84. The quantitative estimate of drug-likeness (QED) is 0.544. The lowest BCUT2D eigenvalue weighted by Crippen LogP contribution is -2.42. The summed E-state index contributed by atoms with van der Waals surface area (Å²) in [5.74, 6) is -0.590. The van der Waals surface area contributed by atoms with Gasteiger partial charge in [-0.15, -0.1) is 0 Å². The number of aliphatic hydroxyl groups excluding tert-OH is 1. The van der Waals surface area contributed by atoms with Gasteiger partial charge in [-0.3, -0.25) is 4.90 Å². The number of rotatable bonds is 7. The van der Waals surface area contributed by atoms with E-state index in [9.17, 15) is 13.7 Å². The Labute approximate surface area is 198 Å². The van der Waals surface area contributed by atoms with E-state index >= 15 is 4.39 Å². The molecule has 0 saturated carbocycles. The van der Waals surface area contributed by atoms with E-state index in [-0.39, 0.29) is 30.2 Å². The minimum Gasteiger partial charge on any atom is -0.489 e. The first-order valence-corrected chi connectivity index (χ1v) is 13.4. The number of hydrogen-bond acceptors (Lipinski definition) is 7. The van der Waals surface area contributed by atoms with Gasteiger partial charge in [-0.05, 0) is 31.5 Å². The van der Waals surface area contributed by atoms with Crippen LogP contribution < -0.4 is 4.74 Å². The Morgan fingerprint density at radius 2 is 2.06 bits per heavy atom. The van der Waals surface area contributed by atoms with E-state index in [1.807, 2.05) is 0 Å². The number of β-amino-alcohol motifs (C(OH)–C–C–N with tert-alkyl or cyclic N) is 1. The predicted molar refractivity (Wildman–Crippen MR) is 128 cm³/mol. The fraction of sp³-hybridized carbons (Fsp3) is 0.417. The van der Waals surface area contributed by atoms with Gasteiger partial charge in [0.2, 0.25) is 0 Å². The standard InChI is InChI=1S/C24H28F2N4O3S/c1-34(2,32)29-18-12-20(26)24-21(27-15-28-22(24)13-18)10-16-5-6-17(25)11-23(16)33-19-4-3-7-30(14-19)8-9-31/h5-6,11-13,15,19,31H,3-4,7-10,14H2,1-2H3/t19-/m1/s1. The zero-order valence-electron chi connectivity index (χ0n) is 19.2. The van der Waals surface area contributed by atoms with E-state index in [4.69, 9.17) is 4.74 Å². The van der Waals surface area contributed by atoms with Gasteiger partial charge < -0.3 is 9.84 Å². The highest BCUT2D eigenvalue weighted by Crippen LogP contribution is 2.30. The molecule has 1 fully saturated rings. The molecule has 4 rings (SSSR count). The third kappa shape index (κ3) is 6.05. The molecule has 1 saturated heterocycles. The van der Waals surface area contributed by atoms with Gasteiger partial charge in [0.25, 0.3) is 0 Å². The summed E-state index contributed by atoms with van der Waals surface area (Å²) in [7, 11) is -2.46. The van der Waals surface area contributed by atoms with Crippen molar-refractivity contribution in [1.82, 2.24) is 14.9 Å². The summed E-state index contributed by atoms with van der Waals surface area (Å²) in [4.78, 5) is 10.6. The lowest BCUT2D eigenvalue weighted by Gasteiger charge is -2.32. The molecule has 1 aliphatic heterocycles. The summed E-state index contributed by atoms with van der Waals surface area (Å²) in [6, 6.07) is 7.11. The summed E-state index contributed by atoms with van der Waals surface area (Å²) < 4.78 is 51.4. The van der Waals surface area contributed by atoms with E-state index in [1.165, 1.54) is 37.0 Å². The number of nitrogens with zero attached hydrogens (tertiary/aromatic N) is 4. The van der Waals surface area contributed by atoms with Crippen LogP contribution in [0, 0.1) is 11.6 Å². The number of likely N-dealkylation sites (tertiary alicyclic amines) is 1. The molecule has 1 aromatic heterocycles. The predicted octanol–water partition coefficient (Wildman–Crippen LogP) is 3.69. The maximum absolute atomic E-state index is 15.1. The molecule has 3 aromatic rings. The van der Waals surface area contributed by atoms with Crippen molar-refractivity contribution in [3.05, 3.63) is 59.6 Å². The average molecular weight is 491 g/mol. The van der Waals surface area contributed by atoms with Crippen LogP contribution >= 0.6 is 0 Å². The average Bonchev–Trinajstić information content (AvgIpc) is 2.75. The minimum atomic E-state index is -2.46. The Bertz CT molecular complexity index is 1300. The second-order valence-corrected chi connectivity index (χ2v) is 11.3. The van der Waals surface area contributed by atoms with Crippen molar-refractivity contribution in [1.29, 1.82) is 0 Å². The van der Waals surface area contributed by atoms with Crippen molar-refractivity contribution in [2.24, 2.45) is 4.36 Å². The number of aromatic nitrogens is 2. The largest absolute Gasteiger partial charge is 0.489 e. The SMILES string of the molecule is CS(C)(=O)=Nc1cc(F)c2c(Cc3ccc(F)cc3O[C@@H]3CCCN(CCO)C3)ncnc2c1. The number of halogens is 2. The number of piperidine rings is 1. The van der Waals surface area contributed by atoms with Gasteiger partial charge in [-0.1, -0.05) is 6.07 Å². The van der Waals surface area contributed by atoms with E-state index in [0.717, 1.165) is 19.4 Å². The second-order valence-electron chi connectivity index (χ2n) is 8.75. The summed E-state index contributed by atoms with van der Waals surface area (Å²) in [5, 5.41) is 9.46. The lowest BCUT2D eigenvalue weighted by molar-refractivity contribution is 0.0760. The fourth-order valence-electron chi connectivity index (χ4n) is 4.23. The van der Waals surface area contributed by atoms with Crippen LogP contribution in [0.15, 0.2) is 41.0 Å². The molecule has 182 valence electrons. The molecule has 0 amide bonds. The highest BCUT2D eigenvalue weighted by Gasteiger charge is 2.22. The maximum atomic E-state index is 15.1. The Kier molecular flexibility index (Phi) is 7.39. The number of aliphatic hydroxyl groups is 1. The first kappa shape index (κ1) is 24.4. The van der Waals surface area contributed by atoms with E-state index < -0.39 is 21.4 Å². The molecule has 10 heteroatoms. The van der Waals surface area contributed by atoms with Crippen molar-refractivity contribution < 1.29 is 22.8 Å². The monoisotopic (exact) mass is 490 g/mol. The van der Waals surface area contributed by atoms with Gasteiger partial charge in [0.15, 0.2) is 0 Å². The molecule has 0 aliphatic carbocycles. The second kappa shape index (κ2) is 10.3. The zero-order chi connectivity index (χ0) is 24.3. The molecule has 0 bridgehead atoms. The van der Waals surface area contributed by atoms with Gasteiger partial charge in [-0.25, -0.2) is 23.0 Å². The molecular weight excluding hydrogens is 462 g/mol. The minimum absolute atomic E-state index is 0.0763. The molecule has 0 spiro atoms. The maximum Gasteiger partial charge on any atom is 0.136 e. The first-order valence-electron chi connectivity index (χ1n) is 11.1. The highest BCUT2D eigenvalue weighted by molar-refractivity contribution is 7.92. The Hall–Kier alpha value is -2.69. The van der Waals surface area contributed by atoms with Crippen LogP contribution in [0.5, 0.6) is 5.75 Å². The van der Waals surface area contributed by atoms with Crippen LogP contribution in [0.1, 0.15) is 24.1 Å². The highest BCUT2D eigenvalue weighted by atomic mass is 32.2. The van der Waals surface area contributed by atoms with Crippen LogP contribution in [-0.4, -0.2) is 69.0 Å². The van der Waals surface area contributed by atoms with Crippen LogP contribution in [0.4, 0.5) is 14.5 Å². The van der Waals surface area contributed by atoms with Crippen molar-refractivity contribution in [2.75, 3.05) is 38.8 Å². The molecule has 2 heterocycles. The molecule has 1 atom stereocenters. The number of ether oxygens (including phenoxy) is 1. The summed E-state index contributed by atoms with van der Waals surface area (Å²) in [5.41, 5.74) is 1.72. The Morgan fingerprint density at radius 3 is 2.82 bits per heavy atom. The van der Waals surface area contributed by atoms with Crippen LogP contribution in [0.25, 0.3) is 10.9 Å². The molecule has 1 N–H and O–H groups in total. The molecule has 0 radical (unpaired) electrons. The summed E-state index contributed by atoms with van der Waals surface area (Å²) in [6.45, 7) is 2.18. The first-order chi connectivity index (χ1) is 16.2. The normalized spacial score (nSPS) is 17.1. The van der Waals surface area contributed by atoms with E-state index in [1.54, 1.807) is 12.1 Å². The topological polar surface area (TPSA) is 87.9 Å². The molecule has 7 nitrogen and oxygen atoms in total. The van der Waals surface area contributed by atoms with Crippen LogP contribution in [-0.2, 0) is 16.1 Å². The van der Waals surface area contributed by atoms with Gasteiger partial charge in [-0.2, -0.15) is 4.36 Å². The third-order valence-corrected chi connectivity index (χ3v) is 6.29.